The fourth-order valence-corrected chi connectivity index (χ4v) is 2.44. The lowest BCUT2D eigenvalue weighted by Crippen LogP contribution is -2.48. The Balaban J connectivity index is 2.21. The number of ether oxygens (including phenoxy) is 1. The second-order valence-electron chi connectivity index (χ2n) is 5.12. The Hall–Kier alpha value is -1.30. The first-order valence-corrected chi connectivity index (χ1v) is 6.84. The number of rotatable bonds is 7. The number of aliphatic carboxylic acids is 1. The van der Waals surface area contributed by atoms with E-state index in [1.165, 1.54) is 0 Å². The molecular weight excluding hydrogens is 248 g/mol. The smallest absolute Gasteiger partial charge is 0.315 e. The van der Waals surface area contributed by atoms with Crippen molar-refractivity contribution < 1.29 is 19.4 Å². The minimum Gasteiger partial charge on any atom is -0.481 e. The molecule has 1 saturated carbocycles. The van der Waals surface area contributed by atoms with Crippen molar-refractivity contribution in [2.45, 2.75) is 63.6 Å². The van der Waals surface area contributed by atoms with E-state index in [4.69, 9.17) is 9.84 Å². The molecule has 0 saturated heterocycles. The zero-order chi connectivity index (χ0) is 14.3. The van der Waals surface area contributed by atoms with Crippen LogP contribution >= 0.6 is 0 Å². The van der Waals surface area contributed by atoms with Crippen LogP contribution in [0, 0.1) is 0 Å². The molecule has 1 aliphatic carbocycles. The second kappa shape index (κ2) is 7.99. The van der Waals surface area contributed by atoms with Crippen LogP contribution in [0.15, 0.2) is 0 Å². The van der Waals surface area contributed by atoms with Crippen LogP contribution in [0.3, 0.4) is 0 Å². The van der Waals surface area contributed by atoms with E-state index in [0.29, 0.717) is 12.8 Å². The van der Waals surface area contributed by atoms with Gasteiger partial charge in [0.25, 0.3) is 0 Å². The summed E-state index contributed by atoms with van der Waals surface area (Å²) in [6.07, 6.45) is 4.47. The van der Waals surface area contributed by atoms with Crippen LogP contribution in [0.4, 0.5) is 4.79 Å². The third-order valence-electron chi connectivity index (χ3n) is 3.48. The minimum atomic E-state index is -0.800. The normalized spacial score (nSPS) is 23.9. The molecule has 0 aromatic carbocycles. The van der Waals surface area contributed by atoms with Crippen molar-refractivity contribution in [1.29, 1.82) is 0 Å². The standard InChI is InChI=1S/C13H24N2O4/c1-9(5-3-8-12(16)17)14-13(18)15-10-6-4-7-11(10)19-2/h9-11H,3-8H2,1-2H3,(H,16,17)(H2,14,15,18). The van der Waals surface area contributed by atoms with E-state index in [1.54, 1.807) is 7.11 Å². The lowest BCUT2D eigenvalue weighted by Gasteiger charge is -2.21. The third-order valence-corrected chi connectivity index (χ3v) is 3.48. The Morgan fingerprint density at radius 1 is 1.42 bits per heavy atom. The van der Waals surface area contributed by atoms with Gasteiger partial charge < -0.3 is 20.5 Å². The highest BCUT2D eigenvalue weighted by molar-refractivity contribution is 5.74. The van der Waals surface area contributed by atoms with Crippen molar-refractivity contribution in [2.24, 2.45) is 0 Å². The monoisotopic (exact) mass is 272 g/mol. The number of carbonyl (C=O) groups excluding carboxylic acids is 1. The first-order chi connectivity index (χ1) is 9.02. The summed E-state index contributed by atoms with van der Waals surface area (Å²) >= 11 is 0. The Labute approximate surface area is 113 Å². The van der Waals surface area contributed by atoms with E-state index in [-0.39, 0.29) is 30.6 Å². The maximum atomic E-state index is 11.8. The summed E-state index contributed by atoms with van der Waals surface area (Å²) in [5.41, 5.74) is 0. The van der Waals surface area contributed by atoms with E-state index in [9.17, 15) is 9.59 Å². The van der Waals surface area contributed by atoms with Gasteiger partial charge in [-0.15, -0.1) is 0 Å². The Kier molecular flexibility index (Phi) is 6.62. The SMILES string of the molecule is COC1CCCC1NC(=O)NC(C)CCCC(=O)O. The van der Waals surface area contributed by atoms with Crippen molar-refractivity contribution >= 4 is 12.0 Å². The molecule has 6 heteroatoms. The molecular formula is C13H24N2O4. The van der Waals surface area contributed by atoms with Gasteiger partial charge in [0, 0.05) is 19.6 Å². The summed E-state index contributed by atoms with van der Waals surface area (Å²) < 4.78 is 5.31. The maximum Gasteiger partial charge on any atom is 0.315 e. The molecule has 2 amide bonds. The zero-order valence-corrected chi connectivity index (χ0v) is 11.6. The van der Waals surface area contributed by atoms with E-state index < -0.39 is 5.97 Å². The van der Waals surface area contributed by atoms with Crippen molar-refractivity contribution in [2.75, 3.05) is 7.11 Å². The van der Waals surface area contributed by atoms with Crippen molar-refractivity contribution in [1.82, 2.24) is 10.6 Å². The molecule has 0 spiro atoms. The first kappa shape index (κ1) is 15.8. The number of amides is 2. The molecule has 3 N–H and O–H groups in total. The highest BCUT2D eigenvalue weighted by Crippen LogP contribution is 2.21. The van der Waals surface area contributed by atoms with Gasteiger partial charge in [0.15, 0.2) is 0 Å². The predicted octanol–water partition coefficient (Wildman–Crippen LogP) is 1.50. The minimum absolute atomic E-state index is 0.0262. The Morgan fingerprint density at radius 2 is 2.16 bits per heavy atom. The Morgan fingerprint density at radius 3 is 2.79 bits per heavy atom. The summed E-state index contributed by atoms with van der Waals surface area (Å²) in [6.45, 7) is 1.88. The van der Waals surface area contributed by atoms with Gasteiger partial charge in [0.05, 0.1) is 12.1 Å². The number of urea groups is 1. The molecule has 110 valence electrons. The molecule has 3 atom stereocenters. The molecule has 1 rings (SSSR count). The molecule has 6 nitrogen and oxygen atoms in total. The maximum absolute atomic E-state index is 11.8. The van der Waals surface area contributed by atoms with Crippen LogP contribution in [0.2, 0.25) is 0 Å². The summed E-state index contributed by atoms with van der Waals surface area (Å²) in [7, 11) is 1.66. The van der Waals surface area contributed by atoms with Gasteiger partial charge in [-0.2, -0.15) is 0 Å². The molecule has 1 aliphatic rings. The van der Waals surface area contributed by atoms with Crippen LogP contribution in [0.1, 0.15) is 45.4 Å². The lowest BCUT2D eigenvalue weighted by molar-refractivity contribution is -0.137. The van der Waals surface area contributed by atoms with Gasteiger partial charge in [-0.25, -0.2) is 4.79 Å². The molecule has 0 radical (unpaired) electrons. The molecule has 0 aliphatic heterocycles. The second-order valence-corrected chi connectivity index (χ2v) is 5.12. The number of hydrogen-bond acceptors (Lipinski definition) is 3. The van der Waals surface area contributed by atoms with Gasteiger partial charge in [-0.3, -0.25) is 4.79 Å². The first-order valence-electron chi connectivity index (χ1n) is 6.84. The number of carboxylic acid groups (broad SMARTS) is 1. The van der Waals surface area contributed by atoms with E-state index in [0.717, 1.165) is 19.3 Å². The summed E-state index contributed by atoms with van der Waals surface area (Å²) in [5.74, 6) is -0.800. The average molecular weight is 272 g/mol. The fourth-order valence-electron chi connectivity index (χ4n) is 2.44. The summed E-state index contributed by atoms with van der Waals surface area (Å²) in [4.78, 5) is 22.2. The molecule has 0 bridgehead atoms. The molecule has 0 heterocycles. The van der Waals surface area contributed by atoms with E-state index in [1.807, 2.05) is 6.92 Å². The van der Waals surface area contributed by atoms with Crippen molar-refractivity contribution in [3.8, 4) is 0 Å². The van der Waals surface area contributed by atoms with E-state index in [2.05, 4.69) is 10.6 Å². The van der Waals surface area contributed by atoms with Crippen LogP contribution in [-0.4, -0.2) is 42.4 Å². The molecule has 0 aromatic rings. The molecule has 19 heavy (non-hydrogen) atoms. The van der Waals surface area contributed by atoms with Gasteiger partial charge >= 0.3 is 12.0 Å². The zero-order valence-electron chi connectivity index (χ0n) is 11.6. The van der Waals surface area contributed by atoms with Gasteiger partial charge in [-0.05, 0) is 39.0 Å². The van der Waals surface area contributed by atoms with Crippen LogP contribution < -0.4 is 10.6 Å². The van der Waals surface area contributed by atoms with Crippen LogP contribution in [0.5, 0.6) is 0 Å². The van der Waals surface area contributed by atoms with Crippen molar-refractivity contribution in [3.05, 3.63) is 0 Å². The highest BCUT2D eigenvalue weighted by Gasteiger charge is 2.28. The van der Waals surface area contributed by atoms with Gasteiger partial charge in [-0.1, -0.05) is 0 Å². The van der Waals surface area contributed by atoms with Crippen molar-refractivity contribution in [3.63, 3.8) is 0 Å². The van der Waals surface area contributed by atoms with Gasteiger partial charge in [0.1, 0.15) is 0 Å². The number of carbonyl (C=O) groups is 2. The topological polar surface area (TPSA) is 87.7 Å². The highest BCUT2D eigenvalue weighted by atomic mass is 16.5. The predicted molar refractivity (Wildman–Crippen MR) is 71.1 cm³/mol. The number of carboxylic acids is 1. The number of hydrogen-bond donors (Lipinski definition) is 3. The molecule has 0 aromatic heterocycles. The Bertz CT molecular complexity index is 309. The fraction of sp³-hybridized carbons (Fsp3) is 0.846. The summed E-state index contributed by atoms with van der Waals surface area (Å²) in [5, 5.41) is 14.3. The molecule has 3 unspecified atom stereocenters. The van der Waals surface area contributed by atoms with Crippen LogP contribution in [0.25, 0.3) is 0 Å². The number of methoxy groups -OCH3 is 1. The molecule has 1 fully saturated rings. The summed E-state index contributed by atoms with van der Waals surface area (Å²) in [6, 6.07) is -0.144. The quantitative estimate of drug-likeness (QED) is 0.655. The van der Waals surface area contributed by atoms with Gasteiger partial charge in [0.2, 0.25) is 0 Å². The van der Waals surface area contributed by atoms with Crippen LogP contribution in [-0.2, 0) is 9.53 Å². The number of nitrogens with one attached hydrogen (secondary N) is 2. The average Bonchev–Trinajstić information content (AvgIpc) is 2.75. The van der Waals surface area contributed by atoms with E-state index >= 15 is 0 Å². The third kappa shape index (κ3) is 5.92. The largest absolute Gasteiger partial charge is 0.481 e. The lowest BCUT2D eigenvalue weighted by atomic mass is 10.1.